The van der Waals surface area contributed by atoms with Gasteiger partial charge in [0.1, 0.15) is 6.10 Å². The third-order valence-electron chi connectivity index (χ3n) is 4.37. The molecule has 2 fully saturated rings. The molecule has 1 saturated carbocycles. The number of cyclic esters (lactones) is 1. The number of hydrogen-bond acceptors (Lipinski definition) is 2. The molecular weight excluding hydrogens is 295 g/mol. The molecular formula is C16H18Cl2O2. The summed E-state index contributed by atoms with van der Waals surface area (Å²) in [6, 6.07) is 3.86. The molecule has 0 radical (unpaired) electrons. The number of hydrogen-bond donors (Lipinski definition) is 0. The summed E-state index contributed by atoms with van der Waals surface area (Å²) < 4.78 is 5.29. The van der Waals surface area contributed by atoms with Crippen LogP contribution in [0.25, 0.3) is 0 Å². The Balaban J connectivity index is 1.88. The average Bonchev–Trinajstić information content (AvgIpc) is 2.86. The van der Waals surface area contributed by atoms with Crippen LogP contribution in [0, 0.1) is 0 Å². The Kier molecular flexibility index (Phi) is 4.23. The van der Waals surface area contributed by atoms with E-state index in [9.17, 15) is 4.79 Å². The molecule has 1 aliphatic carbocycles. The van der Waals surface area contributed by atoms with Crippen molar-refractivity contribution in [1.29, 1.82) is 0 Å². The number of rotatable bonds is 2. The molecule has 0 N–H and O–H groups in total. The van der Waals surface area contributed by atoms with Crippen LogP contribution in [0.5, 0.6) is 0 Å². The molecule has 1 aromatic carbocycles. The molecule has 1 unspecified atom stereocenters. The zero-order chi connectivity index (χ0) is 14.1. The van der Waals surface area contributed by atoms with Crippen molar-refractivity contribution in [2.24, 2.45) is 0 Å². The van der Waals surface area contributed by atoms with Crippen LogP contribution in [0.15, 0.2) is 12.1 Å². The first kappa shape index (κ1) is 14.2. The summed E-state index contributed by atoms with van der Waals surface area (Å²) in [5.41, 5.74) is 2.01. The van der Waals surface area contributed by atoms with Crippen LogP contribution in [0.1, 0.15) is 68.1 Å². The summed E-state index contributed by atoms with van der Waals surface area (Å²) in [4.78, 5) is 11.2. The second kappa shape index (κ2) is 5.95. The fourth-order valence-electron chi connectivity index (χ4n) is 3.33. The third kappa shape index (κ3) is 2.82. The molecule has 1 saturated heterocycles. The zero-order valence-electron chi connectivity index (χ0n) is 11.3. The Morgan fingerprint density at radius 1 is 1.00 bits per heavy atom. The molecule has 0 aromatic heterocycles. The van der Waals surface area contributed by atoms with Crippen LogP contribution in [0.4, 0.5) is 0 Å². The van der Waals surface area contributed by atoms with E-state index in [1.54, 1.807) is 0 Å². The van der Waals surface area contributed by atoms with Gasteiger partial charge in [0.2, 0.25) is 0 Å². The van der Waals surface area contributed by atoms with E-state index < -0.39 is 0 Å². The first-order chi connectivity index (χ1) is 9.65. The Bertz CT molecular complexity index is 498. The van der Waals surface area contributed by atoms with Crippen LogP contribution in [-0.4, -0.2) is 5.97 Å². The van der Waals surface area contributed by atoms with Gasteiger partial charge in [0.25, 0.3) is 0 Å². The molecule has 1 aliphatic heterocycles. The Labute approximate surface area is 129 Å². The van der Waals surface area contributed by atoms with Gasteiger partial charge in [-0.3, -0.25) is 4.79 Å². The highest BCUT2D eigenvalue weighted by atomic mass is 35.5. The highest BCUT2D eigenvalue weighted by Gasteiger charge is 2.27. The second-order valence-electron chi connectivity index (χ2n) is 5.75. The number of esters is 1. The number of benzene rings is 1. The van der Waals surface area contributed by atoms with Crippen molar-refractivity contribution in [1.82, 2.24) is 0 Å². The van der Waals surface area contributed by atoms with Crippen molar-refractivity contribution in [3.63, 3.8) is 0 Å². The van der Waals surface area contributed by atoms with Gasteiger partial charge in [-0.1, -0.05) is 42.5 Å². The lowest BCUT2D eigenvalue weighted by Gasteiger charge is -2.25. The minimum absolute atomic E-state index is 0.140. The van der Waals surface area contributed by atoms with Crippen LogP contribution >= 0.6 is 23.2 Å². The van der Waals surface area contributed by atoms with E-state index in [0.29, 0.717) is 18.8 Å². The molecule has 4 heteroatoms. The molecule has 3 rings (SSSR count). The van der Waals surface area contributed by atoms with Gasteiger partial charge in [-0.25, -0.2) is 0 Å². The SMILES string of the molecule is O=C1CCC(c2cc(Cl)c(C3CCCCC3)c(Cl)c2)O1. The molecule has 1 heterocycles. The predicted molar refractivity (Wildman–Crippen MR) is 80.4 cm³/mol. The van der Waals surface area contributed by atoms with Crippen LogP contribution < -0.4 is 0 Å². The first-order valence-corrected chi connectivity index (χ1v) is 8.09. The quantitative estimate of drug-likeness (QED) is 0.682. The van der Waals surface area contributed by atoms with E-state index >= 15 is 0 Å². The summed E-state index contributed by atoms with van der Waals surface area (Å²) in [6.07, 6.45) is 7.14. The fourth-order valence-corrected chi connectivity index (χ4v) is 4.14. The molecule has 1 aromatic rings. The smallest absolute Gasteiger partial charge is 0.306 e. The van der Waals surface area contributed by atoms with Gasteiger partial charge < -0.3 is 4.74 Å². The highest BCUT2D eigenvalue weighted by molar-refractivity contribution is 6.36. The Hall–Kier alpha value is -0.730. The van der Waals surface area contributed by atoms with E-state index in [1.807, 2.05) is 12.1 Å². The summed E-state index contributed by atoms with van der Waals surface area (Å²) in [5.74, 6) is 0.336. The van der Waals surface area contributed by atoms with Gasteiger partial charge >= 0.3 is 5.97 Å². The van der Waals surface area contributed by atoms with Gasteiger partial charge in [-0.2, -0.15) is 0 Å². The van der Waals surface area contributed by atoms with Crippen molar-refractivity contribution in [2.45, 2.75) is 57.0 Å². The summed E-state index contributed by atoms with van der Waals surface area (Å²) >= 11 is 12.9. The monoisotopic (exact) mass is 312 g/mol. The fraction of sp³-hybridized carbons (Fsp3) is 0.562. The number of carbonyl (C=O) groups is 1. The lowest BCUT2D eigenvalue weighted by Crippen LogP contribution is -2.07. The van der Waals surface area contributed by atoms with Gasteiger partial charge in [0.05, 0.1) is 0 Å². The predicted octanol–water partition coefficient (Wildman–Crippen LogP) is 5.42. The van der Waals surface area contributed by atoms with Crippen LogP contribution in [0.2, 0.25) is 10.0 Å². The van der Waals surface area contributed by atoms with Gasteiger partial charge in [0, 0.05) is 16.5 Å². The largest absolute Gasteiger partial charge is 0.457 e. The van der Waals surface area contributed by atoms with E-state index in [-0.39, 0.29) is 12.1 Å². The maximum atomic E-state index is 11.2. The van der Waals surface area contributed by atoms with E-state index in [1.165, 1.54) is 19.3 Å². The van der Waals surface area contributed by atoms with Crippen molar-refractivity contribution in [3.8, 4) is 0 Å². The van der Waals surface area contributed by atoms with Crippen molar-refractivity contribution >= 4 is 29.2 Å². The zero-order valence-corrected chi connectivity index (χ0v) is 12.8. The maximum absolute atomic E-state index is 11.2. The lowest BCUT2D eigenvalue weighted by molar-refractivity contribution is -0.141. The lowest BCUT2D eigenvalue weighted by atomic mass is 9.83. The summed E-state index contributed by atoms with van der Waals surface area (Å²) in [7, 11) is 0. The Morgan fingerprint density at radius 2 is 1.65 bits per heavy atom. The van der Waals surface area contributed by atoms with Crippen molar-refractivity contribution in [2.75, 3.05) is 0 Å². The van der Waals surface area contributed by atoms with Crippen molar-refractivity contribution in [3.05, 3.63) is 33.3 Å². The van der Waals surface area contributed by atoms with Crippen LogP contribution in [-0.2, 0) is 9.53 Å². The third-order valence-corrected chi connectivity index (χ3v) is 5.00. The van der Waals surface area contributed by atoms with Gasteiger partial charge in [0.15, 0.2) is 0 Å². The summed E-state index contributed by atoms with van der Waals surface area (Å²) in [6.45, 7) is 0. The van der Waals surface area contributed by atoms with Crippen LogP contribution in [0.3, 0.4) is 0 Å². The second-order valence-corrected chi connectivity index (χ2v) is 6.56. The molecule has 2 aliphatic rings. The van der Waals surface area contributed by atoms with Crippen molar-refractivity contribution < 1.29 is 9.53 Å². The molecule has 0 spiro atoms. The van der Waals surface area contributed by atoms with Gasteiger partial charge in [-0.15, -0.1) is 0 Å². The molecule has 1 atom stereocenters. The molecule has 108 valence electrons. The normalized spacial score (nSPS) is 23.9. The van der Waals surface area contributed by atoms with E-state index in [4.69, 9.17) is 27.9 Å². The number of carbonyl (C=O) groups excluding carboxylic acids is 1. The minimum atomic E-state index is -0.182. The highest BCUT2D eigenvalue weighted by Crippen LogP contribution is 2.42. The van der Waals surface area contributed by atoms with E-state index in [0.717, 1.165) is 34.0 Å². The number of ether oxygens (including phenoxy) is 1. The molecule has 0 amide bonds. The molecule has 2 nitrogen and oxygen atoms in total. The first-order valence-electron chi connectivity index (χ1n) is 7.33. The topological polar surface area (TPSA) is 26.3 Å². The number of halogens is 2. The minimum Gasteiger partial charge on any atom is -0.457 e. The average molecular weight is 313 g/mol. The van der Waals surface area contributed by atoms with E-state index in [2.05, 4.69) is 0 Å². The maximum Gasteiger partial charge on any atom is 0.306 e. The Morgan fingerprint density at radius 3 is 2.20 bits per heavy atom. The van der Waals surface area contributed by atoms with Gasteiger partial charge in [-0.05, 0) is 48.4 Å². The summed E-state index contributed by atoms with van der Waals surface area (Å²) in [5, 5.41) is 1.45. The molecule has 0 bridgehead atoms. The molecule has 20 heavy (non-hydrogen) atoms. The standard InChI is InChI=1S/C16H18Cl2O2/c17-12-8-11(14-6-7-15(19)20-14)9-13(18)16(12)10-4-2-1-3-5-10/h8-10,14H,1-7H2.